The lowest BCUT2D eigenvalue weighted by Gasteiger charge is -2.41. The molecule has 11 nitrogen and oxygen atoms in total. The SMILES string of the molecule is CC[C@H](C)C(NC(=O)[C@@]1(NC(=O)C([C@@H](C)CC)N(Cc2cccc(OC(F)(F)F)c2)C(=O)O)CCc2[nH]c3c(Cl)cc(Cl)cc3c2C1)C(N)=O. The van der Waals surface area contributed by atoms with Gasteiger partial charge in [0.15, 0.2) is 0 Å². The molecule has 0 saturated carbocycles. The van der Waals surface area contributed by atoms with Crippen molar-refractivity contribution < 1.29 is 42.2 Å². The van der Waals surface area contributed by atoms with Crippen LogP contribution in [0.15, 0.2) is 36.4 Å². The first kappa shape index (κ1) is 38.6. The number of benzene rings is 2. The number of carbonyl (C=O) groups is 4. The number of halogens is 5. The molecular weight excluding hydrogens is 702 g/mol. The molecule has 0 aliphatic heterocycles. The molecule has 0 fully saturated rings. The van der Waals surface area contributed by atoms with E-state index < -0.39 is 66.0 Å². The van der Waals surface area contributed by atoms with Crippen LogP contribution in [-0.2, 0) is 33.8 Å². The number of aromatic amines is 1. The molecule has 0 radical (unpaired) electrons. The van der Waals surface area contributed by atoms with Gasteiger partial charge in [-0.1, -0.05) is 75.9 Å². The van der Waals surface area contributed by atoms with Gasteiger partial charge in [-0.15, -0.1) is 13.2 Å². The van der Waals surface area contributed by atoms with Crippen molar-refractivity contribution in [1.82, 2.24) is 20.5 Å². The molecule has 1 aliphatic carbocycles. The highest BCUT2D eigenvalue weighted by atomic mass is 35.5. The number of aromatic nitrogens is 1. The van der Waals surface area contributed by atoms with Crippen LogP contribution in [0.4, 0.5) is 18.0 Å². The van der Waals surface area contributed by atoms with Crippen molar-refractivity contribution in [2.45, 2.75) is 90.3 Å². The van der Waals surface area contributed by atoms with Crippen LogP contribution in [-0.4, -0.2) is 62.8 Å². The average molecular weight is 743 g/mol. The molecule has 3 aromatic rings. The lowest BCUT2D eigenvalue weighted by molar-refractivity contribution is -0.274. The van der Waals surface area contributed by atoms with E-state index in [1.165, 1.54) is 12.1 Å². The van der Waals surface area contributed by atoms with Crippen molar-refractivity contribution in [3.8, 4) is 5.75 Å². The highest BCUT2D eigenvalue weighted by Crippen LogP contribution is 2.39. The maximum absolute atomic E-state index is 14.4. The molecule has 6 N–H and O–H groups in total. The van der Waals surface area contributed by atoms with E-state index in [1.807, 2.05) is 6.92 Å². The third-order valence-corrected chi connectivity index (χ3v) is 9.94. The number of amides is 4. The number of H-pyrrole nitrogens is 1. The quantitative estimate of drug-likeness (QED) is 0.137. The Kier molecular flexibility index (Phi) is 11.9. The zero-order valence-corrected chi connectivity index (χ0v) is 29.4. The molecule has 0 spiro atoms. The summed E-state index contributed by atoms with van der Waals surface area (Å²) in [6.07, 6.45) is -5.39. The number of hydrogen-bond acceptors (Lipinski definition) is 5. The number of carbonyl (C=O) groups excluding carboxylic acids is 3. The Hall–Kier alpha value is -4.17. The Balaban J connectivity index is 1.77. The average Bonchev–Trinajstić information content (AvgIpc) is 3.39. The van der Waals surface area contributed by atoms with Crippen molar-refractivity contribution in [2.75, 3.05) is 0 Å². The van der Waals surface area contributed by atoms with Gasteiger partial charge in [0, 0.05) is 29.1 Å². The predicted octanol–water partition coefficient (Wildman–Crippen LogP) is 6.33. The first-order valence-corrected chi connectivity index (χ1v) is 16.9. The van der Waals surface area contributed by atoms with Crippen LogP contribution >= 0.6 is 23.2 Å². The molecule has 1 aromatic heterocycles. The first-order chi connectivity index (χ1) is 23.4. The number of alkyl halides is 3. The summed E-state index contributed by atoms with van der Waals surface area (Å²) in [5, 5.41) is 17.3. The van der Waals surface area contributed by atoms with Gasteiger partial charge in [-0.2, -0.15) is 0 Å². The van der Waals surface area contributed by atoms with Gasteiger partial charge in [0.1, 0.15) is 23.4 Å². The second-order valence-electron chi connectivity index (χ2n) is 12.8. The second-order valence-corrected chi connectivity index (χ2v) is 13.7. The summed E-state index contributed by atoms with van der Waals surface area (Å²) in [4.78, 5) is 58.1. The third kappa shape index (κ3) is 8.58. The van der Waals surface area contributed by atoms with Gasteiger partial charge in [-0.05, 0) is 60.1 Å². The van der Waals surface area contributed by atoms with Gasteiger partial charge in [-0.25, -0.2) is 4.79 Å². The van der Waals surface area contributed by atoms with E-state index in [0.717, 1.165) is 22.7 Å². The van der Waals surface area contributed by atoms with Crippen molar-refractivity contribution in [3.05, 3.63) is 63.3 Å². The Labute approximate surface area is 297 Å². The largest absolute Gasteiger partial charge is 0.573 e. The molecular formula is C34H40Cl2F3N5O6. The minimum Gasteiger partial charge on any atom is -0.465 e. The van der Waals surface area contributed by atoms with Gasteiger partial charge in [0.2, 0.25) is 17.7 Å². The number of nitrogens with two attached hydrogens (primary N) is 1. The minimum atomic E-state index is -4.97. The van der Waals surface area contributed by atoms with Crippen LogP contribution in [0.25, 0.3) is 10.9 Å². The topological polar surface area (TPSA) is 167 Å². The number of rotatable bonds is 13. The van der Waals surface area contributed by atoms with E-state index >= 15 is 0 Å². The number of nitrogens with one attached hydrogen (secondary N) is 3. The molecule has 2 unspecified atom stereocenters. The summed E-state index contributed by atoms with van der Waals surface area (Å²) in [5.74, 6) is -3.76. The summed E-state index contributed by atoms with van der Waals surface area (Å²) >= 11 is 12.8. The van der Waals surface area contributed by atoms with Gasteiger partial charge in [0.25, 0.3) is 0 Å². The summed E-state index contributed by atoms with van der Waals surface area (Å²) in [7, 11) is 0. The lowest BCUT2D eigenvalue weighted by Crippen LogP contribution is -2.67. The molecule has 1 heterocycles. The number of carboxylic acid groups (broad SMARTS) is 1. The molecule has 272 valence electrons. The van der Waals surface area contributed by atoms with Crippen LogP contribution in [0.1, 0.15) is 63.8 Å². The number of aryl methyl sites for hydroxylation is 1. The lowest BCUT2D eigenvalue weighted by atomic mass is 9.78. The van der Waals surface area contributed by atoms with Gasteiger partial charge >= 0.3 is 12.5 Å². The van der Waals surface area contributed by atoms with Gasteiger partial charge < -0.3 is 31.2 Å². The standard InChI is InChI=1S/C34H40Cl2F3N5O6/c1-5-17(3)26(29(40)45)42-31(47)33(11-10-25-23(15-33)22-13-20(35)14-24(36)27(22)41-25)43-30(46)28(18(4)6-2)44(32(48)49)16-19-8-7-9-21(12-19)50-34(37,38)39/h7-9,12-14,17-18,26,28,41H,5-6,10-11,15-16H2,1-4H3,(H2,40,45)(H,42,47)(H,43,46)(H,48,49)/t17-,18-,26?,28?,33+/m0/s1. The first-order valence-electron chi connectivity index (χ1n) is 16.1. The maximum Gasteiger partial charge on any atom is 0.573 e. The number of ether oxygens (including phenoxy) is 1. The highest BCUT2D eigenvalue weighted by molar-refractivity contribution is 6.38. The fourth-order valence-corrected chi connectivity index (χ4v) is 6.94. The zero-order chi connectivity index (χ0) is 37.1. The summed E-state index contributed by atoms with van der Waals surface area (Å²) in [6.45, 7) is 6.53. The molecule has 5 atom stereocenters. The molecule has 0 bridgehead atoms. The Morgan fingerprint density at radius 2 is 1.78 bits per heavy atom. The van der Waals surface area contributed by atoms with Gasteiger partial charge in [0.05, 0.1) is 10.5 Å². The van der Waals surface area contributed by atoms with Crippen molar-refractivity contribution in [3.63, 3.8) is 0 Å². The monoisotopic (exact) mass is 741 g/mol. The van der Waals surface area contributed by atoms with E-state index in [0.29, 0.717) is 39.4 Å². The molecule has 4 amide bonds. The predicted molar refractivity (Wildman–Crippen MR) is 182 cm³/mol. The van der Waals surface area contributed by atoms with Crippen LogP contribution < -0.4 is 21.1 Å². The molecule has 2 aromatic carbocycles. The Morgan fingerprint density at radius 3 is 2.38 bits per heavy atom. The Bertz CT molecular complexity index is 1770. The number of nitrogens with zero attached hydrogens (tertiary/aromatic N) is 1. The third-order valence-electron chi connectivity index (χ3n) is 9.42. The van der Waals surface area contributed by atoms with E-state index in [1.54, 1.807) is 32.9 Å². The van der Waals surface area contributed by atoms with E-state index in [4.69, 9.17) is 28.9 Å². The van der Waals surface area contributed by atoms with Gasteiger partial charge in [-0.3, -0.25) is 19.3 Å². The molecule has 4 rings (SSSR count). The number of hydrogen-bond donors (Lipinski definition) is 5. The van der Waals surface area contributed by atoms with Crippen LogP contribution in [0.2, 0.25) is 10.0 Å². The van der Waals surface area contributed by atoms with E-state index in [-0.39, 0.29) is 30.7 Å². The second kappa shape index (κ2) is 15.4. The molecule has 1 aliphatic rings. The fourth-order valence-electron chi connectivity index (χ4n) is 6.40. The van der Waals surface area contributed by atoms with E-state index in [2.05, 4.69) is 20.4 Å². The van der Waals surface area contributed by atoms with Crippen molar-refractivity contribution in [2.24, 2.45) is 17.6 Å². The smallest absolute Gasteiger partial charge is 0.465 e. The highest BCUT2D eigenvalue weighted by Gasteiger charge is 2.47. The minimum absolute atomic E-state index is 0.0544. The molecule has 50 heavy (non-hydrogen) atoms. The summed E-state index contributed by atoms with van der Waals surface area (Å²) in [5.41, 5.74) is 6.13. The fraction of sp³-hybridized carbons (Fsp3) is 0.471. The summed E-state index contributed by atoms with van der Waals surface area (Å²) < 4.78 is 42.7. The number of fused-ring (bicyclic) bond motifs is 3. The van der Waals surface area contributed by atoms with Crippen LogP contribution in [0.5, 0.6) is 5.75 Å². The van der Waals surface area contributed by atoms with Crippen molar-refractivity contribution in [1.29, 1.82) is 0 Å². The maximum atomic E-state index is 14.4. The molecule has 0 saturated heterocycles. The summed E-state index contributed by atoms with van der Waals surface area (Å²) in [6, 6.07) is 5.61. The van der Waals surface area contributed by atoms with Crippen molar-refractivity contribution >= 4 is 57.9 Å². The van der Waals surface area contributed by atoms with Crippen LogP contribution in [0.3, 0.4) is 0 Å². The molecule has 16 heteroatoms. The van der Waals surface area contributed by atoms with E-state index in [9.17, 15) is 37.5 Å². The van der Waals surface area contributed by atoms with Crippen LogP contribution in [0, 0.1) is 11.8 Å². The zero-order valence-electron chi connectivity index (χ0n) is 27.9. The Morgan fingerprint density at radius 1 is 1.10 bits per heavy atom. The number of primary amides is 1. The normalized spacial score (nSPS) is 18.3.